The number of rotatable bonds is 4. The van der Waals surface area contributed by atoms with E-state index < -0.39 is 6.04 Å². The van der Waals surface area contributed by atoms with E-state index in [-0.39, 0.29) is 11.7 Å². The van der Waals surface area contributed by atoms with Crippen LogP contribution in [0.15, 0.2) is 46.9 Å². The topological polar surface area (TPSA) is 41.1 Å². The second-order valence-corrected chi connectivity index (χ2v) is 5.70. The Morgan fingerprint density at radius 1 is 1.14 bits per heavy atom. The molecule has 21 heavy (non-hydrogen) atoms. The van der Waals surface area contributed by atoms with Crippen LogP contribution < -0.4 is 10.6 Å². The summed E-state index contributed by atoms with van der Waals surface area (Å²) in [6.45, 7) is 3.74. The first-order valence-electron chi connectivity index (χ1n) is 6.55. The smallest absolute Gasteiger partial charge is 0.246 e. The summed E-state index contributed by atoms with van der Waals surface area (Å²) in [5, 5.41) is 5.86. The van der Waals surface area contributed by atoms with Crippen LogP contribution in [0.5, 0.6) is 0 Å². The van der Waals surface area contributed by atoms with Crippen molar-refractivity contribution < 1.29 is 9.18 Å². The summed E-state index contributed by atoms with van der Waals surface area (Å²) in [6.07, 6.45) is 0. The largest absolute Gasteiger partial charge is 0.374 e. The van der Waals surface area contributed by atoms with Gasteiger partial charge in [0.1, 0.15) is 11.9 Å². The number of carbonyl (C=O) groups is 1. The number of hydrogen-bond acceptors (Lipinski definition) is 2. The lowest BCUT2D eigenvalue weighted by Gasteiger charge is -2.15. The minimum atomic E-state index is -0.441. The van der Waals surface area contributed by atoms with Crippen LogP contribution in [-0.2, 0) is 4.79 Å². The monoisotopic (exact) mass is 350 g/mol. The summed E-state index contributed by atoms with van der Waals surface area (Å²) in [4.78, 5) is 12.1. The number of carbonyl (C=O) groups excluding carboxylic acids is 1. The third kappa shape index (κ3) is 4.29. The molecule has 2 N–H and O–H groups in total. The van der Waals surface area contributed by atoms with Gasteiger partial charge < -0.3 is 10.6 Å². The van der Waals surface area contributed by atoms with Gasteiger partial charge in [0.15, 0.2) is 0 Å². The molecule has 2 aromatic carbocycles. The van der Waals surface area contributed by atoms with Crippen LogP contribution in [0.1, 0.15) is 12.5 Å². The Labute approximate surface area is 131 Å². The second kappa shape index (κ2) is 6.72. The van der Waals surface area contributed by atoms with Crippen LogP contribution in [0.25, 0.3) is 0 Å². The molecule has 0 aliphatic heterocycles. The van der Waals surface area contributed by atoms with E-state index in [0.29, 0.717) is 10.2 Å². The van der Waals surface area contributed by atoms with Crippen molar-refractivity contribution in [1.82, 2.24) is 0 Å². The molecule has 1 unspecified atom stereocenters. The van der Waals surface area contributed by atoms with E-state index in [9.17, 15) is 9.18 Å². The average molecular weight is 351 g/mol. The highest BCUT2D eigenvalue weighted by atomic mass is 79.9. The maximum absolute atomic E-state index is 13.2. The van der Waals surface area contributed by atoms with Crippen molar-refractivity contribution in [3.05, 3.63) is 58.3 Å². The first-order valence-corrected chi connectivity index (χ1v) is 7.34. The van der Waals surface area contributed by atoms with Gasteiger partial charge in [0.2, 0.25) is 5.91 Å². The van der Waals surface area contributed by atoms with Crippen molar-refractivity contribution in [1.29, 1.82) is 0 Å². The quantitative estimate of drug-likeness (QED) is 0.861. The number of nitrogens with one attached hydrogen (secondary N) is 2. The lowest BCUT2D eigenvalue weighted by Crippen LogP contribution is -2.31. The molecular formula is C16H16BrFN2O. The maximum Gasteiger partial charge on any atom is 0.246 e. The van der Waals surface area contributed by atoms with Crippen molar-refractivity contribution in [3.8, 4) is 0 Å². The van der Waals surface area contributed by atoms with E-state index in [2.05, 4.69) is 26.6 Å². The van der Waals surface area contributed by atoms with Gasteiger partial charge in [0.05, 0.1) is 4.47 Å². The summed E-state index contributed by atoms with van der Waals surface area (Å²) < 4.78 is 13.5. The minimum absolute atomic E-state index is 0.153. The highest BCUT2D eigenvalue weighted by molar-refractivity contribution is 9.10. The standard InChI is InChI=1S/C16H16BrFN2O/c1-10-3-5-12(6-4-10)20-16(21)11(2)19-13-7-8-15(18)14(17)9-13/h3-9,11,19H,1-2H3,(H,20,21). The lowest BCUT2D eigenvalue weighted by atomic mass is 10.2. The number of anilines is 2. The van der Waals surface area contributed by atoms with Crippen molar-refractivity contribution in [2.75, 3.05) is 10.6 Å². The Balaban J connectivity index is 1.98. The fourth-order valence-electron chi connectivity index (χ4n) is 1.79. The lowest BCUT2D eigenvalue weighted by molar-refractivity contribution is -0.116. The molecule has 2 aromatic rings. The van der Waals surface area contributed by atoms with Crippen LogP contribution in [0.2, 0.25) is 0 Å². The summed E-state index contributed by atoms with van der Waals surface area (Å²) in [6, 6.07) is 11.7. The van der Waals surface area contributed by atoms with Gasteiger partial charge in [0.25, 0.3) is 0 Å². The Kier molecular flexibility index (Phi) is 4.96. The third-order valence-corrected chi connectivity index (χ3v) is 3.62. The van der Waals surface area contributed by atoms with Gasteiger partial charge >= 0.3 is 0 Å². The Morgan fingerprint density at radius 3 is 2.38 bits per heavy atom. The number of amides is 1. The van der Waals surface area contributed by atoms with Crippen molar-refractivity contribution in [3.63, 3.8) is 0 Å². The molecule has 0 heterocycles. The summed E-state index contributed by atoms with van der Waals surface area (Å²) in [5.74, 6) is -0.489. The zero-order valence-corrected chi connectivity index (χ0v) is 13.4. The molecule has 1 atom stereocenters. The van der Waals surface area contributed by atoms with E-state index in [1.165, 1.54) is 6.07 Å². The highest BCUT2D eigenvalue weighted by Gasteiger charge is 2.13. The fraction of sp³-hybridized carbons (Fsp3) is 0.188. The Morgan fingerprint density at radius 2 is 1.76 bits per heavy atom. The van der Waals surface area contributed by atoms with Gasteiger partial charge in [-0.25, -0.2) is 4.39 Å². The van der Waals surface area contributed by atoms with Gasteiger partial charge in [0, 0.05) is 11.4 Å². The maximum atomic E-state index is 13.2. The van der Waals surface area contributed by atoms with E-state index in [0.717, 1.165) is 11.3 Å². The molecule has 110 valence electrons. The molecule has 0 aromatic heterocycles. The molecule has 5 heteroatoms. The minimum Gasteiger partial charge on any atom is -0.374 e. The highest BCUT2D eigenvalue weighted by Crippen LogP contribution is 2.20. The number of hydrogen-bond donors (Lipinski definition) is 2. The molecule has 3 nitrogen and oxygen atoms in total. The zero-order chi connectivity index (χ0) is 15.4. The molecule has 0 aliphatic rings. The van der Waals surface area contributed by atoms with Gasteiger partial charge in [-0.2, -0.15) is 0 Å². The van der Waals surface area contributed by atoms with E-state index in [1.54, 1.807) is 19.1 Å². The summed E-state index contributed by atoms with van der Waals surface area (Å²) >= 11 is 3.12. The van der Waals surface area contributed by atoms with Crippen molar-refractivity contribution in [2.45, 2.75) is 19.9 Å². The summed E-state index contributed by atoms with van der Waals surface area (Å²) in [7, 11) is 0. The molecule has 0 saturated heterocycles. The molecule has 2 rings (SSSR count). The van der Waals surface area contributed by atoms with Crippen molar-refractivity contribution in [2.24, 2.45) is 0 Å². The Hall–Kier alpha value is -1.88. The predicted molar refractivity (Wildman–Crippen MR) is 87.0 cm³/mol. The fourth-order valence-corrected chi connectivity index (χ4v) is 2.17. The Bertz CT molecular complexity index is 643. The van der Waals surface area contributed by atoms with Gasteiger partial charge in [-0.3, -0.25) is 4.79 Å². The molecular weight excluding hydrogens is 335 g/mol. The zero-order valence-electron chi connectivity index (χ0n) is 11.8. The van der Waals surface area contributed by atoms with Crippen LogP contribution >= 0.6 is 15.9 Å². The van der Waals surface area contributed by atoms with E-state index in [4.69, 9.17) is 0 Å². The molecule has 1 amide bonds. The molecule has 0 aliphatic carbocycles. The SMILES string of the molecule is Cc1ccc(NC(=O)C(C)Nc2ccc(F)c(Br)c2)cc1. The molecule has 0 fully saturated rings. The van der Waals surface area contributed by atoms with Gasteiger partial charge in [-0.1, -0.05) is 17.7 Å². The van der Waals surface area contributed by atoms with Gasteiger partial charge in [-0.15, -0.1) is 0 Å². The van der Waals surface area contributed by atoms with Crippen LogP contribution in [0.3, 0.4) is 0 Å². The first kappa shape index (κ1) is 15.5. The van der Waals surface area contributed by atoms with Crippen LogP contribution in [0.4, 0.5) is 15.8 Å². The number of benzene rings is 2. The average Bonchev–Trinajstić information content (AvgIpc) is 2.45. The van der Waals surface area contributed by atoms with E-state index >= 15 is 0 Å². The number of halogens is 2. The molecule has 0 radical (unpaired) electrons. The van der Waals surface area contributed by atoms with Crippen LogP contribution in [0, 0.1) is 12.7 Å². The normalized spacial score (nSPS) is 11.8. The van der Waals surface area contributed by atoms with Gasteiger partial charge in [-0.05, 0) is 60.1 Å². The molecule has 0 spiro atoms. The predicted octanol–water partition coefficient (Wildman–Crippen LogP) is 4.34. The second-order valence-electron chi connectivity index (χ2n) is 4.85. The summed E-state index contributed by atoms with van der Waals surface area (Å²) in [5.41, 5.74) is 2.56. The molecule has 0 saturated carbocycles. The first-order chi connectivity index (χ1) is 9.95. The third-order valence-electron chi connectivity index (χ3n) is 3.02. The van der Waals surface area contributed by atoms with Crippen molar-refractivity contribution >= 4 is 33.2 Å². The van der Waals surface area contributed by atoms with E-state index in [1.807, 2.05) is 31.2 Å². The van der Waals surface area contributed by atoms with Crippen LogP contribution in [-0.4, -0.2) is 11.9 Å². The molecule has 0 bridgehead atoms. The number of aryl methyl sites for hydroxylation is 1.